The number of hydrogen-bond donors (Lipinski definition) is 2. The molecule has 20 heavy (non-hydrogen) atoms. The van der Waals surface area contributed by atoms with Gasteiger partial charge in [-0.05, 0) is 47.8 Å². The Morgan fingerprint density at radius 1 is 1.35 bits per heavy atom. The van der Waals surface area contributed by atoms with E-state index in [1.165, 1.54) is 8.66 Å². The SMILES string of the molecule is CCOCCCNC(=NC)NCCc1ccc(Br)s1.I. The van der Waals surface area contributed by atoms with Gasteiger partial charge in [-0.1, -0.05) is 0 Å². The minimum absolute atomic E-state index is 0. The lowest BCUT2D eigenvalue weighted by atomic mass is 10.3. The number of nitrogens with zero attached hydrogens (tertiary/aromatic N) is 1. The maximum Gasteiger partial charge on any atom is 0.190 e. The number of thiophene rings is 1. The second-order valence-corrected chi connectivity index (χ2v) is 6.48. The Morgan fingerprint density at radius 2 is 2.10 bits per heavy atom. The van der Waals surface area contributed by atoms with Crippen molar-refractivity contribution in [2.75, 3.05) is 33.4 Å². The maximum absolute atomic E-state index is 5.29. The van der Waals surface area contributed by atoms with Crippen molar-refractivity contribution in [3.63, 3.8) is 0 Å². The van der Waals surface area contributed by atoms with Gasteiger partial charge in [-0.3, -0.25) is 4.99 Å². The van der Waals surface area contributed by atoms with E-state index in [-0.39, 0.29) is 24.0 Å². The fourth-order valence-corrected chi connectivity index (χ4v) is 3.02. The highest BCUT2D eigenvalue weighted by Crippen LogP contribution is 2.21. The third kappa shape index (κ3) is 9.15. The van der Waals surface area contributed by atoms with Crippen LogP contribution in [0.4, 0.5) is 0 Å². The Labute approximate surface area is 150 Å². The second kappa shape index (κ2) is 12.8. The van der Waals surface area contributed by atoms with Gasteiger partial charge in [0.25, 0.3) is 0 Å². The molecule has 0 atom stereocenters. The lowest BCUT2D eigenvalue weighted by Crippen LogP contribution is -2.38. The first-order valence-corrected chi connectivity index (χ1v) is 8.13. The molecule has 2 N–H and O–H groups in total. The molecule has 0 saturated heterocycles. The summed E-state index contributed by atoms with van der Waals surface area (Å²) in [6.07, 6.45) is 2.00. The number of ether oxygens (including phenoxy) is 1. The first-order chi connectivity index (χ1) is 9.26. The van der Waals surface area contributed by atoms with Gasteiger partial charge in [-0.15, -0.1) is 35.3 Å². The highest BCUT2D eigenvalue weighted by Gasteiger charge is 1.99. The third-order valence-corrected chi connectivity index (χ3v) is 4.16. The van der Waals surface area contributed by atoms with Gasteiger partial charge in [0.1, 0.15) is 0 Å². The molecule has 4 nitrogen and oxygen atoms in total. The van der Waals surface area contributed by atoms with Crippen LogP contribution in [0.1, 0.15) is 18.2 Å². The monoisotopic (exact) mass is 475 g/mol. The van der Waals surface area contributed by atoms with E-state index in [1.807, 2.05) is 6.92 Å². The van der Waals surface area contributed by atoms with E-state index < -0.39 is 0 Å². The number of aliphatic imine (C=N–C) groups is 1. The van der Waals surface area contributed by atoms with Crippen LogP contribution in [0, 0.1) is 0 Å². The Bertz CT molecular complexity index is 387. The van der Waals surface area contributed by atoms with Crippen molar-refractivity contribution < 1.29 is 4.74 Å². The van der Waals surface area contributed by atoms with Crippen molar-refractivity contribution in [1.82, 2.24) is 10.6 Å². The molecule has 0 spiro atoms. The normalized spacial score (nSPS) is 11.1. The number of hydrogen-bond acceptors (Lipinski definition) is 3. The zero-order chi connectivity index (χ0) is 13.9. The molecule has 0 fully saturated rings. The van der Waals surface area contributed by atoms with Crippen LogP contribution in [0.25, 0.3) is 0 Å². The molecule has 116 valence electrons. The van der Waals surface area contributed by atoms with Crippen LogP contribution in [0.5, 0.6) is 0 Å². The van der Waals surface area contributed by atoms with Gasteiger partial charge in [0.2, 0.25) is 0 Å². The van der Waals surface area contributed by atoms with E-state index in [0.717, 1.165) is 45.1 Å². The maximum atomic E-state index is 5.29. The van der Waals surface area contributed by atoms with Gasteiger partial charge in [0, 0.05) is 38.2 Å². The van der Waals surface area contributed by atoms with E-state index in [9.17, 15) is 0 Å². The van der Waals surface area contributed by atoms with E-state index in [4.69, 9.17) is 4.74 Å². The molecule has 1 aromatic heterocycles. The Balaban J connectivity index is 0.00000361. The van der Waals surface area contributed by atoms with Crippen LogP contribution in [-0.2, 0) is 11.2 Å². The molecular weight excluding hydrogens is 453 g/mol. The molecule has 0 radical (unpaired) electrons. The first kappa shape index (κ1) is 20.1. The first-order valence-electron chi connectivity index (χ1n) is 6.52. The molecule has 1 rings (SSSR count). The van der Waals surface area contributed by atoms with Crippen LogP contribution in [-0.4, -0.2) is 39.3 Å². The fourth-order valence-electron chi connectivity index (χ4n) is 1.54. The zero-order valence-corrected chi connectivity index (χ0v) is 16.7. The van der Waals surface area contributed by atoms with Crippen molar-refractivity contribution in [2.24, 2.45) is 4.99 Å². The van der Waals surface area contributed by atoms with Crippen LogP contribution in [0.3, 0.4) is 0 Å². The van der Waals surface area contributed by atoms with Gasteiger partial charge in [-0.25, -0.2) is 0 Å². The lowest BCUT2D eigenvalue weighted by Gasteiger charge is -2.11. The van der Waals surface area contributed by atoms with Gasteiger partial charge in [-0.2, -0.15) is 0 Å². The molecular formula is C13H23BrIN3OS. The number of halogens is 2. The van der Waals surface area contributed by atoms with Gasteiger partial charge < -0.3 is 15.4 Å². The topological polar surface area (TPSA) is 45.6 Å². The summed E-state index contributed by atoms with van der Waals surface area (Å²) in [5, 5.41) is 6.58. The quantitative estimate of drug-likeness (QED) is 0.262. The molecule has 7 heteroatoms. The van der Waals surface area contributed by atoms with Crippen LogP contribution >= 0.6 is 51.2 Å². The highest BCUT2D eigenvalue weighted by molar-refractivity contribution is 14.0. The molecule has 0 aromatic carbocycles. The molecule has 1 heterocycles. The van der Waals surface area contributed by atoms with Crippen LogP contribution in [0.15, 0.2) is 20.9 Å². The summed E-state index contributed by atoms with van der Waals surface area (Å²) in [4.78, 5) is 5.56. The molecule has 0 amide bonds. The van der Waals surface area contributed by atoms with E-state index in [2.05, 4.69) is 43.7 Å². The minimum atomic E-state index is 0. The number of rotatable bonds is 8. The molecule has 0 bridgehead atoms. The molecule has 0 aliphatic carbocycles. The molecule has 1 aromatic rings. The van der Waals surface area contributed by atoms with Crippen molar-refractivity contribution in [3.8, 4) is 0 Å². The van der Waals surface area contributed by atoms with Gasteiger partial charge >= 0.3 is 0 Å². The van der Waals surface area contributed by atoms with Gasteiger partial charge in [0.15, 0.2) is 5.96 Å². The van der Waals surface area contributed by atoms with Crippen LogP contribution in [0.2, 0.25) is 0 Å². The summed E-state index contributed by atoms with van der Waals surface area (Å²) < 4.78 is 6.47. The average molecular weight is 476 g/mol. The largest absolute Gasteiger partial charge is 0.382 e. The standard InChI is InChI=1S/C13H22BrN3OS.HI/c1-3-18-10-4-8-16-13(15-2)17-9-7-11-5-6-12(14)19-11;/h5-6H,3-4,7-10H2,1-2H3,(H2,15,16,17);1H. The predicted molar refractivity (Wildman–Crippen MR) is 102 cm³/mol. The Hall–Kier alpha value is 0.140. The summed E-state index contributed by atoms with van der Waals surface area (Å²) in [5.41, 5.74) is 0. The second-order valence-electron chi connectivity index (χ2n) is 3.93. The van der Waals surface area contributed by atoms with E-state index >= 15 is 0 Å². The number of guanidine groups is 1. The fraction of sp³-hybridized carbons (Fsp3) is 0.615. The zero-order valence-electron chi connectivity index (χ0n) is 11.9. The third-order valence-electron chi connectivity index (χ3n) is 2.48. The van der Waals surface area contributed by atoms with Crippen molar-refractivity contribution in [2.45, 2.75) is 19.8 Å². The summed E-state index contributed by atoms with van der Waals surface area (Å²) in [6.45, 7) is 5.35. The van der Waals surface area contributed by atoms with E-state index in [0.29, 0.717) is 0 Å². The molecule has 0 saturated carbocycles. The highest BCUT2D eigenvalue weighted by atomic mass is 127. The molecule has 0 aliphatic heterocycles. The summed E-state index contributed by atoms with van der Waals surface area (Å²) in [6, 6.07) is 4.23. The van der Waals surface area contributed by atoms with Crippen molar-refractivity contribution in [3.05, 3.63) is 20.8 Å². The number of nitrogens with one attached hydrogen (secondary N) is 2. The van der Waals surface area contributed by atoms with E-state index in [1.54, 1.807) is 18.4 Å². The smallest absolute Gasteiger partial charge is 0.190 e. The van der Waals surface area contributed by atoms with Crippen LogP contribution < -0.4 is 10.6 Å². The summed E-state index contributed by atoms with van der Waals surface area (Å²) >= 11 is 5.25. The summed E-state index contributed by atoms with van der Waals surface area (Å²) in [5.74, 6) is 0.854. The van der Waals surface area contributed by atoms with Gasteiger partial charge in [0.05, 0.1) is 3.79 Å². The Kier molecular flexibility index (Phi) is 12.9. The predicted octanol–water partition coefficient (Wildman–Crippen LogP) is 3.26. The van der Waals surface area contributed by atoms with Crippen molar-refractivity contribution >= 4 is 57.2 Å². The molecule has 0 unspecified atom stereocenters. The average Bonchev–Trinajstić information content (AvgIpc) is 2.82. The lowest BCUT2D eigenvalue weighted by molar-refractivity contribution is 0.145. The minimum Gasteiger partial charge on any atom is -0.382 e. The Morgan fingerprint density at radius 3 is 2.70 bits per heavy atom. The van der Waals surface area contributed by atoms with Crippen molar-refractivity contribution in [1.29, 1.82) is 0 Å². The molecule has 0 aliphatic rings. The summed E-state index contributed by atoms with van der Waals surface area (Å²) in [7, 11) is 1.79.